The van der Waals surface area contributed by atoms with Crippen LogP contribution in [0.5, 0.6) is 0 Å². The quantitative estimate of drug-likeness (QED) is 0.266. The highest BCUT2D eigenvalue weighted by Gasteiger charge is 2.53. The number of amides is 1. The molecule has 3 aromatic rings. The van der Waals surface area contributed by atoms with Crippen molar-refractivity contribution in [3.63, 3.8) is 0 Å². The Kier molecular flexibility index (Phi) is 9.23. The van der Waals surface area contributed by atoms with E-state index in [0.717, 1.165) is 54.2 Å². The summed E-state index contributed by atoms with van der Waals surface area (Å²) in [4.78, 5) is 19.2. The fraction of sp³-hybridized carbons (Fsp3) is 0.676. The molecule has 0 spiro atoms. The molecule has 1 amide bonds. The van der Waals surface area contributed by atoms with Crippen molar-refractivity contribution in [1.82, 2.24) is 19.7 Å². The second-order valence-electron chi connectivity index (χ2n) is 15.1. The van der Waals surface area contributed by atoms with E-state index in [9.17, 15) is 4.79 Å². The SMILES string of the molecule is CC(C)(C)OC(=O)N1CCOC(C)(c2coc(CCCc3c(Cl)cc4c(cnn4C4CCCCO4)c3B3OC(C)(C)C(C)(C)O3)n2)C1. The molecule has 0 N–H and O–H groups in total. The summed E-state index contributed by atoms with van der Waals surface area (Å²) in [7, 11) is -0.606. The van der Waals surface area contributed by atoms with Crippen LogP contribution in [0.1, 0.15) is 104 Å². The number of fused-ring (bicyclic) bond motifs is 1. The Morgan fingerprint density at radius 1 is 1.11 bits per heavy atom. The first-order valence-corrected chi connectivity index (χ1v) is 17.2. The van der Waals surface area contributed by atoms with Gasteiger partial charge in [0.05, 0.1) is 36.1 Å². The lowest BCUT2D eigenvalue weighted by Crippen LogP contribution is -2.51. The summed E-state index contributed by atoms with van der Waals surface area (Å²) in [6.45, 7) is 17.6. The molecule has 3 saturated heterocycles. The number of oxazole rings is 1. The van der Waals surface area contributed by atoms with E-state index in [4.69, 9.17) is 49.6 Å². The number of carbonyl (C=O) groups excluding carboxylic acids is 1. The van der Waals surface area contributed by atoms with Gasteiger partial charge in [0.25, 0.3) is 0 Å². The van der Waals surface area contributed by atoms with E-state index < -0.39 is 29.5 Å². The van der Waals surface area contributed by atoms with E-state index in [0.29, 0.717) is 49.1 Å². The summed E-state index contributed by atoms with van der Waals surface area (Å²) in [5.41, 5.74) is 1.01. The second-order valence-corrected chi connectivity index (χ2v) is 15.6. The third-order valence-electron chi connectivity index (χ3n) is 9.76. The van der Waals surface area contributed by atoms with Crippen LogP contribution in [-0.4, -0.2) is 76.0 Å². The highest BCUT2D eigenvalue weighted by Crippen LogP contribution is 2.39. The molecule has 5 heterocycles. The van der Waals surface area contributed by atoms with Gasteiger partial charge < -0.3 is 32.8 Å². The minimum absolute atomic E-state index is 0.125. The van der Waals surface area contributed by atoms with Crippen LogP contribution in [0.15, 0.2) is 22.9 Å². The van der Waals surface area contributed by atoms with E-state index in [-0.39, 0.29) is 12.3 Å². The van der Waals surface area contributed by atoms with Gasteiger partial charge in [0.15, 0.2) is 12.1 Å². The van der Waals surface area contributed by atoms with E-state index in [1.807, 2.05) is 44.6 Å². The van der Waals surface area contributed by atoms with E-state index in [2.05, 4.69) is 27.7 Å². The zero-order valence-electron chi connectivity index (χ0n) is 29.0. The van der Waals surface area contributed by atoms with Gasteiger partial charge >= 0.3 is 13.2 Å². The van der Waals surface area contributed by atoms with Gasteiger partial charge in [-0.3, -0.25) is 0 Å². The molecule has 11 nitrogen and oxygen atoms in total. The maximum Gasteiger partial charge on any atom is 0.495 e. The van der Waals surface area contributed by atoms with Crippen molar-refractivity contribution < 1.29 is 32.7 Å². The summed E-state index contributed by atoms with van der Waals surface area (Å²) in [5, 5.41) is 6.36. The number of morpholine rings is 1. The Hall–Kier alpha value is -2.64. The third-order valence-corrected chi connectivity index (χ3v) is 10.1. The van der Waals surface area contributed by atoms with Crippen molar-refractivity contribution in [2.75, 3.05) is 26.3 Å². The van der Waals surface area contributed by atoms with Crippen LogP contribution < -0.4 is 5.46 Å². The molecule has 3 fully saturated rings. The van der Waals surface area contributed by atoms with Crippen molar-refractivity contribution in [3.8, 4) is 0 Å². The summed E-state index contributed by atoms with van der Waals surface area (Å²) < 4.78 is 38.8. The normalized spacial score (nSPS) is 24.7. The second kappa shape index (κ2) is 12.7. The summed E-state index contributed by atoms with van der Waals surface area (Å²) in [6, 6.07) is 1.99. The van der Waals surface area contributed by atoms with Crippen LogP contribution in [0.2, 0.25) is 5.02 Å². The molecule has 2 atom stereocenters. The van der Waals surface area contributed by atoms with E-state index >= 15 is 0 Å². The number of nitrogens with zero attached hydrogens (tertiary/aromatic N) is 4. The Balaban J connectivity index is 1.22. The molecule has 0 aliphatic carbocycles. The van der Waals surface area contributed by atoms with Crippen molar-refractivity contribution in [1.29, 1.82) is 0 Å². The van der Waals surface area contributed by atoms with Gasteiger partial charge in [0.2, 0.25) is 0 Å². The van der Waals surface area contributed by atoms with Gasteiger partial charge in [-0.05, 0) is 105 Å². The summed E-state index contributed by atoms with van der Waals surface area (Å²) in [6.07, 6.45) is 8.04. The average molecular weight is 671 g/mol. The number of carbonyl (C=O) groups is 1. The topological polar surface area (TPSA) is 110 Å². The van der Waals surface area contributed by atoms with Crippen molar-refractivity contribution >= 4 is 41.2 Å². The monoisotopic (exact) mass is 670 g/mol. The lowest BCUT2D eigenvalue weighted by atomic mass is 9.73. The van der Waals surface area contributed by atoms with Crippen LogP contribution in [-0.2, 0) is 42.0 Å². The van der Waals surface area contributed by atoms with Gasteiger partial charge in [-0.1, -0.05) is 11.6 Å². The zero-order chi connectivity index (χ0) is 33.8. The molecule has 1 aromatic carbocycles. The van der Waals surface area contributed by atoms with Crippen LogP contribution in [0.3, 0.4) is 0 Å². The van der Waals surface area contributed by atoms with E-state index in [1.165, 1.54) is 0 Å². The first-order chi connectivity index (χ1) is 22.1. The Morgan fingerprint density at radius 2 is 1.85 bits per heavy atom. The van der Waals surface area contributed by atoms with Gasteiger partial charge in [0.1, 0.15) is 23.2 Å². The summed E-state index contributed by atoms with van der Waals surface area (Å²) in [5.74, 6) is 0.593. The van der Waals surface area contributed by atoms with Crippen LogP contribution >= 0.6 is 11.6 Å². The predicted octanol–water partition coefficient (Wildman–Crippen LogP) is 6.33. The fourth-order valence-electron chi connectivity index (χ4n) is 6.44. The molecule has 13 heteroatoms. The molecular weight excluding hydrogens is 623 g/mol. The number of rotatable bonds is 7. The average Bonchev–Trinajstić information content (AvgIpc) is 3.69. The third kappa shape index (κ3) is 6.94. The highest BCUT2D eigenvalue weighted by atomic mass is 35.5. The molecule has 0 saturated carbocycles. The molecule has 47 heavy (non-hydrogen) atoms. The minimum atomic E-state index is -0.808. The Morgan fingerprint density at radius 3 is 2.53 bits per heavy atom. The molecule has 6 rings (SSSR count). The lowest BCUT2D eigenvalue weighted by molar-refractivity contribution is -0.105. The highest BCUT2D eigenvalue weighted by molar-refractivity contribution is 6.66. The van der Waals surface area contributed by atoms with Gasteiger partial charge in [-0.15, -0.1) is 0 Å². The van der Waals surface area contributed by atoms with Crippen molar-refractivity contribution in [2.45, 2.75) is 123 Å². The van der Waals surface area contributed by atoms with Gasteiger partial charge in [0, 0.05) is 30.0 Å². The van der Waals surface area contributed by atoms with Gasteiger partial charge in [-0.2, -0.15) is 5.10 Å². The van der Waals surface area contributed by atoms with Crippen molar-refractivity contribution in [3.05, 3.63) is 40.7 Å². The first kappa shape index (κ1) is 34.2. The van der Waals surface area contributed by atoms with Crippen LogP contribution in [0.25, 0.3) is 10.9 Å². The molecule has 2 unspecified atom stereocenters. The Bertz CT molecular complexity index is 1590. The van der Waals surface area contributed by atoms with Crippen molar-refractivity contribution in [2.24, 2.45) is 0 Å². The molecule has 0 radical (unpaired) electrons. The minimum Gasteiger partial charge on any atom is -0.449 e. The molecule has 256 valence electrons. The fourth-order valence-corrected chi connectivity index (χ4v) is 6.74. The Labute approximate surface area is 282 Å². The number of benzene rings is 1. The number of halogens is 1. The lowest BCUT2D eigenvalue weighted by Gasteiger charge is -2.39. The zero-order valence-corrected chi connectivity index (χ0v) is 29.7. The molecule has 0 bridgehead atoms. The number of ether oxygens (including phenoxy) is 3. The van der Waals surface area contributed by atoms with Crippen LogP contribution in [0, 0.1) is 0 Å². The molecule has 3 aliphatic heterocycles. The number of aromatic nitrogens is 3. The molecule has 2 aromatic heterocycles. The number of aryl methyl sites for hydroxylation is 1. The smallest absolute Gasteiger partial charge is 0.449 e. The standard InChI is InChI=1S/C34H48BClN4O7/c1-31(2,3)45-30(41)39-15-17-44-34(8,21-39)26-20-43-27(38-26)13-11-12-22-24(36)18-25-23(19-37-40(25)28-14-9-10-16-42-28)29(22)35-46-32(4,5)33(6,7)47-35/h18-20,28H,9-17,21H2,1-8H3. The number of hydrogen-bond donors (Lipinski definition) is 0. The van der Waals surface area contributed by atoms with Crippen LogP contribution in [0.4, 0.5) is 4.79 Å². The predicted molar refractivity (Wildman–Crippen MR) is 179 cm³/mol. The first-order valence-electron chi connectivity index (χ1n) is 16.8. The molecule has 3 aliphatic rings. The molecular formula is C34H48BClN4O7. The number of hydrogen-bond acceptors (Lipinski definition) is 9. The maximum atomic E-state index is 12.8. The summed E-state index contributed by atoms with van der Waals surface area (Å²) >= 11 is 7.09. The largest absolute Gasteiger partial charge is 0.495 e. The maximum absolute atomic E-state index is 12.8. The van der Waals surface area contributed by atoms with Gasteiger partial charge in [-0.25, -0.2) is 14.5 Å². The van der Waals surface area contributed by atoms with E-state index in [1.54, 1.807) is 11.2 Å².